The Morgan fingerprint density at radius 2 is 1.97 bits per heavy atom. The van der Waals surface area contributed by atoms with Gasteiger partial charge in [0.2, 0.25) is 0 Å². The van der Waals surface area contributed by atoms with Crippen LogP contribution >= 0.6 is 15.9 Å². The van der Waals surface area contributed by atoms with Crippen LogP contribution in [0.25, 0.3) is 0 Å². The lowest BCUT2D eigenvalue weighted by Crippen LogP contribution is -2.43. The summed E-state index contributed by atoms with van der Waals surface area (Å²) in [5, 5.41) is 0. The molecule has 0 bridgehead atoms. The molecule has 1 aliphatic carbocycles. The summed E-state index contributed by atoms with van der Waals surface area (Å²) >= 11 is 3.36. The number of nitrogens with zero attached hydrogens (tertiary/aromatic N) is 1. The van der Waals surface area contributed by atoms with Crippen LogP contribution in [-0.2, 0) is 21.2 Å². The highest BCUT2D eigenvalue weighted by Gasteiger charge is 2.38. The molecule has 4 rings (SSSR count). The highest BCUT2D eigenvalue weighted by molar-refractivity contribution is 9.10. The number of carbonyl (C=O) groups excluding carboxylic acids is 1. The van der Waals surface area contributed by atoms with Crippen molar-refractivity contribution in [3.63, 3.8) is 0 Å². The Labute approximate surface area is 179 Å². The summed E-state index contributed by atoms with van der Waals surface area (Å²) in [6.07, 6.45) is 1.57. The molecule has 2 aliphatic rings. The van der Waals surface area contributed by atoms with E-state index in [1.807, 2.05) is 24.3 Å². The molecule has 1 amide bonds. The highest BCUT2D eigenvalue weighted by Crippen LogP contribution is 2.47. The maximum atomic E-state index is 12.9. The van der Waals surface area contributed by atoms with Crippen LogP contribution in [0.1, 0.15) is 37.2 Å². The topological polar surface area (TPSA) is 76.8 Å². The van der Waals surface area contributed by atoms with Crippen molar-refractivity contribution in [2.75, 3.05) is 18.1 Å². The van der Waals surface area contributed by atoms with Crippen LogP contribution < -0.4 is 4.74 Å². The summed E-state index contributed by atoms with van der Waals surface area (Å²) in [4.78, 5) is 14.5. The second-order valence-corrected chi connectivity index (χ2v) is 11.1. The number of amides is 1. The monoisotopic (exact) mass is 481 g/mol. The Balaban J connectivity index is 1.46. The molecule has 2 aromatic rings. The molecule has 3 unspecified atom stereocenters. The molecule has 2 fully saturated rings. The van der Waals surface area contributed by atoms with E-state index in [0.717, 1.165) is 16.7 Å². The van der Waals surface area contributed by atoms with Gasteiger partial charge in [-0.3, -0.25) is 4.79 Å². The first-order valence-electron chi connectivity index (χ1n) is 9.77. The maximum absolute atomic E-state index is 12.9. The predicted molar refractivity (Wildman–Crippen MR) is 112 cm³/mol. The minimum atomic E-state index is -3.11. The van der Waals surface area contributed by atoms with Gasteiger partial charge in [0.1, 0.15) is 17.3 Å². The molecule has 0 radical (unpaired) electrons. The minimum Gasteiger partial charge on any atom is -0.484 e. The third kappa shape index (κ3) is 5.04. The van der Waals surface area contributed by atoms with E-state index in [9.17, 15) is 13.2 Å². The first kappa shape index (κ1) is 20.5. The second kappa shape index (κ2) is 8.14. The van der Waals surface area contributed by atoms with E-state index in [1.165, 1.54) is 0 Å². The number of carbonyl (C=O) groups is 1. The number of benzene rings is 1. The third-order valence-electron chi connectivity index (χ3n) is 5.63. The van der Waals surface area contributed by atoms with E-state index in [4.69, 9.17) is 9.15 Å². The molecular weight excluding hydrogens is 458 g/mol. The fraction of sp³-hybridized carbons (Fsp3) is 0.476. The summed E-state index contributed by atoms with van der Waals surface area (Å²) < 4.78 is 36.5. The Morgan fingerprint density at radius 3 is 2.59 bits per heavy atom. The summed E-state index contributed by atoms with van der Waals surface area (Å²) in [6.45, 7) is 2.29. The molecule has 1 aliphatic heterocycles. The van der Waals surface area contributed by atoms with Crippen molar-refractivity contribution < 1.29 is 22.4 Å². The molecule has 8 heteroatoms. The molecule has 3 atom stereocenters. The number of ether oxygens (including phenoxy) is 1. The quantitative estimate of drug-likeness (QED) is 0.601. The lowest BCUT2D eigenvalue weighted by molar-refractivity contribution is -0.136. The number of sulfone groups is 1. The van der Waals surface area contributed by atoms with Crippen molar-refractivity contribution >= 4 is 31.7 Å². The van der Waals surface area contributed by atoms with Gasteiger partial charge >= 0.3 is 0 Å². The molecular formula is C21H24BrNO5S. The van der Waals surface area contributed by atoms with Gasteiger partial charge in [-0.2, -0.15) is 0 Å². The standard InChI is InChI=1S/C21H24BrNO5S/c1-14-10-19(14)20-7-6-18(28-20)11-23(16-8-9-29(25,26)13-16)21(24)12-27-17-4-2-15(22)3-5-17/h2-7,14,16,19H,8-13H2,1H3. The average Bonchev–Trinajstić information content (AvgIpc) is 3.07. The van der Waals surface area contributed by atoms with Crippen molar-refractivity contribution in [3.8, 4) is 5.75 Å². The van der Waals surface area contributed by atoms with Gasteiger partial charge < -0.3 is 14.1 Å². The van der Waals surface area contributed by atoms with Crippen molar-refractivity contribution in [3.05, 3.63) is 52.4 Å². The van der Waals surface area contributed by atoms with E-state index in [2.05, 4.69) is 22.9 Å². The molecule has 6 nitrogen and oxygen atoms in total. The summed E-state index contributed by atoms with van der Waals surface area (Å²) in [5.74, 6) is 3.16. The van der Waals surface area contributed by atoms with Gasteiger partial charge in [0, 0.05) is 16.4 Å². The number of furan rings is 1. The molecule has 2 heterocycles. The smallest absolute Gasteiger partial charge is 0.261 e. The fourth-order valence-electron chi connectivity index (χ4n) is 3.77. The van der Waals surface area contributed by atoms with Gasteiger partial charge in [0.05, 0.1) is 18.1 Å². The molecule has 1 saturated heterocycles. The minimum absolute atomic E-state index is 0.00967. The summed E-state index contributed by atoms with van der Waals surface area (Å²) in [5.41, 5.74) is 0. The van der Waals surface area contributed by atoms with E-state index in [0.29, 0.717) is 29.8 Å². The molecule has 0 N–H and O–H groups in total. The maximum Gasteiger partial charge on any atom is 0.261 e. The van der Waals surface area contributed by atoms with Crippen LogP contribution in [-0.4, -0.2) is 43.4 Å². The zero-order chi connectivity index (χ0) is 20.6. The molecule has 1 aromatic heterocycles. The average molecular weight is 482 g/mol. The number of halogens is 1. The van der Waals surface area contributed by atoms with Gasteiger partial charge in [0.25, 0.3) is 5.91 Å². The zero-order valence-electron chi connectivity index (χ0n) is 16.2. The largest absolute Gasteiger partial charge is 0.484 e. The van der Waals surface area contributed by atoms with E-state index >= 15 is 0 Å². The molecule has 1 saturated carbocycles. The van der Waals surface area contributed by atoms with Crippen LogP contribution in [0.2, 0.25) is 0 Å². The van der Waals surface area contributed by atoms with Crippen molar-refractivity contribution in [2.24, 2.45) is 5.92 Å². The number of hydrogen-bond donors (Lipinski definition) is 0. The summed E-state index contributed by atoms with van der Waals surface area (Å²) in [7, 11) is -3.11. The van der Waals surface area contributed by atoms with Crippen LogP contribution in [0.4, 0.5) is 0 Å². The van der Waals surface area contributed by atoms with Crippen LogP contribution in [0.15, 0.2) is 45.3 Å². The molecule has 1 aromatic carbocycles. The SMILES string of the molecule is CC1CC1c1ccc(CN(C(=O)COc2ccc(Br)cc2)C2CCS(=O)(=O)C2)o1. The molecule has 0 spiro atoms. The first-order valence-corrected chi connectivity index (χ1v) is 12.4. The fourth-order valence-corrected chi connectivity index (χ4v) is 5.76. The molecule has 156 valence electrons. The summed E-state index contributed by atoms with van der Waals surface area (Å²) in [6, 6.07) is 10.7. The Morgan fingerprint density at radius 1 is 1.24 bits per heavy atom. The van der Waals surface area contributed by atoms with Gasteiger partial charge in [-0.05, 0) is 55.2 Å². The van der Waals surface area contributed by atoms with Crippen molar-refractivity contribution in [1.29, 1.82) is 0 Å². The van der Waals surface area contributed by atoms with Gasteiger partial charge in [-0.1, -0.05) is 22.9 Å². The molecule has 29 heavy (non-hydrogen) atoms. The van der Waals surface area contributed by atoms with E-state index in [-0.39, 0.29) is 36.6 Å². The van der Waals surface area contributed by atoms with E-state index in [1.54, 1.807) is 17.0 Å². The Kier molecular flexibility index (Phi) is 5.75. The lowest BCUT2D eigenvalue weighted by Gasteiger charge is -2.27. The first-order chi connectivity index (χ1) is 13.8. The van der Waals surface area contributed by atoms with Crippen LogP contribution in [0.5, 0.6) is 5.75 Å². The number of hydrogen-bond acceptors (Lipinski definition) is 5. The second-order valence-electron chi connectivity index (χ2n) is 7.94. The Hall–Kier alpha value is -1.80. The third-order valence-corrected chi connectivity index (χ3v) is 7.91. The highest BCUT2D eigenvalue weighted by atomic mass is 79.9. The predicted octanol–water partition coefficient (Wildman–Crippen LogP) is 3.76. The zero-order valence-corrected chi connectivity index (χ0v) is 18.6. The Bertz CT molecular complexity index is 985. The van der Waals surface area contributed by atoms with Crippen LogP contribution in [0.3, 0.4) is 0 Å². The van der Waals surface area contributed by atoms with Crippen LogP contribution in [0, 0.1) is 5.92 Å². The van der Waals surface area contributed by atoms with Crippen molar-refractivity contribution in [1.82, 2.24) is 4.90 Å². The van der Waals surface area contributed by atoms with Gasteiger partial charge in [-0.25, -0.2) is 8.42 Å². The normalized spacial score (nSPS) is 25.0. The van der Waals surface area contributed by atoms with E-state index < -0.39 is 9.84 Å². The lowest BCUT2D eigenvalue weighted by atomic mass is 10.2. The van der Waals surface area contributed by atoms with Gasteiger partial charge in [-0.15, -0.1) is 0 Å². The van der Waals surface area contributed by atoms with Gasteiger partial charge in [0.15, 0.2) is 16.4 Å². The number of rotatable bonds is 7. The van der Waals surface area contributed by atoms with Crippen molar-refractivity contribution in [2.45, 2.75) is 38.3 Å².